The highest BCUT2D eigenvalue weighted by molar-refractivity contribution is 5.75. The first kappa shape index (κ1) is 21.6. The van der Waals surface area contributed by atoms with Gasteiger partial charge in [0.15, 0.2) is 6.10 Å². The molecular weight excluding hydrogens is 373 g/mol. The predicted octanol–water partition coefficient (Wildman–Crippen LogP) is 6.00. The van der Waals surface area contributed by atoms with Gasteiger partial charge >= 0.3 is 12.1 Å². The maximum absolute atomic E-state index is 12.6. The lowest BCUT2D eigenvalue weighted by molar-refractivity contribution is -0.151. The van der Waals surface area contributed by atoms with Gasteiger partial charge in [-0.25, -0.2) is 4.79 Å². The fourth-order valence-electron chi connectivity index (χ4n) is 2.45. The summed E-state index contributed by atoms with van der Waals surface area (Å²) >= 11 is 0. The van der Waals surface area contributed by atoms with Crippen molar-refractivity contribution in [3.8, 4) is 17.2 Å². The first-order chi connectivity index (χ1) is 13.3. The van der Waals surface area contributed by atoms with Gasteiger partial charge in [0.25, 0.3) is 0 Å². The summed E-state index contributed by atoms with van der Waals surface area (Å²) in [5.74, 6) is 0.803. The lowest BCUT2D eigenvalue weighted by atomic mass is 10.1. The molecule has 0 radical (unpaired) electrons. The first-order valence-corrected chi connectivity index (χ1v) is 9.12. The molecule has 0 N–H and O–H groups in total. The SMILES string of the molecule is CCCCC(Oc1ccc(Oc2ccc(C(F)(F)F)cc2)cc1)C(=O)OCC. The van der Waals surface area contributed by atoms with Gasteiger partial charge in [0.2, 0.25) is 0 Å². The Morgan fingerprint density at radius 3 is 1.96 bits per heavy atom. The summed E-state index contributed by atoms with van der Waals surface area (Å²) in [4.78, 5) is 12.0. The number of hydrogen-bond donors (Lipinski definition) is 0. The Hall–Kier alpha value is -2.70. The van der Waals surface area contributed by atoms with Crippen molar-refractivity contribution in [3.63, 3.8) is 0 Å². The Kier molecular flexibility index (Phi) is 7.72. The highest BCUT2D eigenvalue weighted by Gasteiger charge is 2.30. The van der Waals surface area contributed by atoms with Crippen LogP contribution in [0.1, 0.15) is 38.7 Å². The van der Waals surface area contributed by atoms with Gasteiger partial charge in [-0.3, -0.25) is 0 Å². The van der Waals surface area contributed by atoms with Crippen molar-refractivity contribution in [2.45, 2.75) is 45.4 Å². The molecule has 0 spiro atoms. The van der Waals surface area contributed by atoms with Crippen LogP contribution in [0.3, 0.4) is 0 Å². The van der Waals surface area contributed by atoms with Crippen LogP contribution in [0.25, 0.3) is 0 Å². The fraction of sp³-hybridized carbons (Fsp3) is 0.381. The minimum absolute atomic E-state index is 0.282. The number of ether oxygens (including phenoxy) is 3. The van der Waals surface area contributed by atoms with Gasteiger partial charge in [-0.2, -0.15) is 13.2 Å². The number of halogens is 3. The molecule has 28 heavy (non-hydrogen) atoms. The molecule has 0 saturated heterocycles. The molecule has 0 saturated carbocycles. The smallest absolute Gasteiger partial charge is 0.416 e. The summed E-state index contributed by atoms with van der Waals surface area (Å²) in [5.41, 5.74) is -0.735. The van der Waals surface area contributed by atoms with Crippen LogP contribution in [0.15, 0.2) is 48.5 Å². The van der Waals surface area contributed by atoms with Crippen LogP contribution in [0.4, 0.5) is 13.2 Å². The standard InChI is InChI=1S/C21H23F3O4/c1-3-5-6-19(20(25)26-4-2)28-18-13-11-17(12-14-18)27-16-9-7-15(8-10-16)21(22,23)24/h7-14,19H,3-6H2,1-2H3. The van der Waals surface area contributed by atoms with Gasteiger partial charge in [-0.15, -0.1) is 0 Å². The molecule has 1 atom stereocenters. The van der Waals surface area contributed by atoms with E-state index in [1.165, 1.54) is 12.1 Å². The van der Waals surface area contributed by atoms with Gasteiger partial charge in [0.05, 0.1) is 12.2 Å². The Balaban J connectivity index is 2.00. The molecular formula is C21H23F3O4. The summed E-state index contributed by atoms with van der Waals surface area (Å²) in [6, 6.07) is 11.0. The van der Waals surface area contributed by atoms with Crippen LogP contribution in [0.5, 0.6) is 17.2 Å². The molecule has 2 aromatic rings. The van der Waals surface area contributed by atoms with E-state index in [0.29, 0.717) is 17.9 Å². The largest absolute Gasteiger partial charge is 0.479 e. The monoisotopic (exact) mass is 396 g/mol. The van der Waals surface area contributed by atoms with E-state index in [-0.39, 0.29) is 12.4 Å². The van der Waals surface area contributed by atoms with Crippen molar-refractivity contribution in [2.24, 2.45) is 0 Å². The molecule has 0 heterocycles. The van der Waals surface area contributed by atoms with Gasteiger partial charge in [-0.05, 0) is 68.3 Å². The highest BCUT2D eigenvalue weighted by atomic mass is 19.4. The third kappa shape index (κ3) is 6.48. The summed E-state index contributed by atoms with van der Waals surface area (Å²) in [5, 5.41) is 0. The molecule has 0 amide bonds. The maximum atomic E-state index is 12.6. The molecule has 0 fully saturated rings. The van der Waals surface area contributed by atoms with Gasteiger partial charge in [0.1, 0.15) is 17.2 Å². The zero-order valence-corrected chi connectivity index (χ0v) is 15.8. The molecule has 4 nitrogen and oxygen atoms in total. The van der Waals surface area contributed by atoms with E-state index in [1.54, 1.807) is 31.2 Å². The summed E-state index contributed by atoms with van der Waals surface area (Å²) in [6.07, 6.45) is -2.75. The van der Waals surface area contributed by atoms with E-state index in [9.17, 15) is 18.0 Å². The van der Waals surface area contributed by atoms with E-state index >= 15 is 0 Å². The summed E-state index contributed by atoms with van der Waals surface area (Å²) < 4.78 is 54.1. The summed E-state index contributed by atoms with van der Waals surface area (Å²) in [7, 11) is 0. The highest BCUT2D eigenvalue weighted by Crippen LogP contribution is 2.31. The molecule has 7 heteroatoms. The normalized spacial score (nSPS) is 12.3. The summed E-state index contributed by atoms with van der Waals surface area (Å²) in [6.45, 7) is 4.04. The lowest BCUT2D eigenvalue weighted by Gasteiger charge is -2.17. The molecule has 2 rings (SSSR count). The Bertz CT molecular complexity index is 740. The van der Waals surface area contributed by atoms with Crippen LogP contribution < -0.4 is 9.47 Å². The van der Waals surface area contributed by atoms with E-state index in [4.69, 9.17) is 14.2 Å². The van der Waals surface area contributed by atoms with Crippen LogP contribution in [-0.4, -0.2) is 18.7 Å². The minimum Gasteiger partial charge on any atom is -0.479 e. The number of unbranched alkanes of at least 4 members (excludes halogenated alkanes) is 1. The number of carbonyl (C=O) groups excluding carboxylic acids is 1. The molecule has 0 aliphatic rings. The number of hydrogen-bond acceptors (Lipinski definition) is 4. The predicted molar refractivity (Wildman–Crippen MR) is 98.5 cm³/mol. The number of benzene rings is 2. The molecule has 1 unspecified atom stereocenters. The zero-order chi connectivity index (χ0) is 20.6. The van der Waals surface area contributed by atoms with Crippen molar-refractivity contribution in [3.05, 3.63) is 54.1 Å². The Labute approximate surface area is 162 Å². The van der Waals surface area contributed by atoms with Crippen LogP contribution in [0.2, 0.25) is 0 Å². The molecule has 0 bridgehead atoms. The number of alkyl halides is 3. The van der Waals surface area contributed by atoms with E-state index in [2.05, 4.69) is 0 Å². The molecule has 2 aromatic carbocycles. The van der Waals surface area contributed by atoms with Crippen LogP contribution >= 0.6 is 0 Å². The average Bonchev–Trinajstić information content (AvgIpc) is 2.66. The van der Waals surface area contributed by atoms with E-state index in [1.807, 2.05) is 6.92 Å². The Morgan fingerprint density at radius 2 is 1.46 bits per heavy atom. The van der Waals surface area contributed by atoms with Crippen molar-refractivity contribution < 1.29 is 32.2 Å². The number of rotatable bonds is 9. The number of carbonyl (C=O) groups is 1. The van der Waals surface area contributed by atoms with Gasteiger partial charge in [-0.1, -0.05) is 13.3 Å². The van der Waals surface area contributed by atoms with Gasteiger partial charge in [0, 0.05) is 0 Å². The number of esters is 1. The second kappa shape index (κ2) is 10.0. The van der Waals surface area contributed by atoms with Crippen molar-refractivity contribution in [1.29, 1.82) is 0 Å². The van der Waals surface area contributed by atoms with Crippen LogP contribution in [-0.2, 0) is 15.7 Å². The molecule has 0 aliphatic heterocycles. The third-order valence-corrected chi connectivity index (χ3v) is 3.89. The second-order valence-corrected chi connectivity index (χ2v) is 6.10. The van der Waals surface area contributed by atoms with Crippen molar-refractivity contribution in [1.82, 2.24) is 0 Å². The molecule has 0 aliphatic carbocycles. The van der Waals surface area contributed by atoms with Crippen molar-refractivity contribution in [2.75, 3.05) is 6.61 Å². The average molecular weight is 396 g/mol. The first-order valence-electron chi connectivity index (χ1n) is 9.12. The minimum atomic E-state index is -4.38. The zero-order valence-electron chi connectivity index (χ0n) is 15.8. The van der Waals surface area contributed by atoms with Crippen molar-refractivity contribution >= 4 is 5.97 Å². The fourth-order valence-corrected chi connectivity index (χ4v) is 2.45. The quantitative estimate of drug-likeness (QED) is 0.488. The topological polar surface area (TPSA) is 44.8 Å². The lowest BCUT2D eigenvalue weighted by Crippen LogP contribution is -2.29. The van der Waals surface area contributed by atoms with Gasteiger partial charge < -0.3 is 14.2 Å². The van der Waals surface area contributed by atoms with Crippen LogP contribution in [0, 0.1) is 0 Å². The Morgan fingerprint density at radius 1 is 0.929 bits per heavy atom. The molecule has 152 valence electrons. The molecule has 0 aromatic heterocycles. The second-order valence-electron chi connectivity index (χ2n) is 6.10. The maximum Gasteiger partial charge on any atom is 0.416 e. The van der Waals surface area contributed by atoms with E-state index < -0.39 is 23.8 Å². The third-order valence-electron chi connectivity index (χ3n) is 3.89. The van der Waals surface area contributed by atoms with E-state index in [0.717, 1.165) is 25.0 Å².